The van der Waals surface area contributed by atoms with E-state index < -0.39 is 0 Å². The fraction of sp³-hybridized carbons (Fsp3) is 0.188. The molecular weight excluding hydrogens is 255 g/mol. The summed E-state index contributed by atoms with van der Waals surface area (Å²) in [5, 5.41) is 5.51. The summed E-state index contributed by atoms with van der Waals surface area (Å²) in [6, 6.07) is 13.8. The summed E-state index contributed by atoms with van der Waals surface area (Å²) < 4.78 is 12.7. The lowest BCUT2D eigenvalue weighted by molar-refractivity contribution is 0.240. The van der Waals surface area contributed by atoms with Gasteiger partial charge in [-0.3, -0.25) is 0 Å². The molecule has 0 heterocycles. The molecule has 0 radical (unpaired) electrons. The molecule has 0 aliphatic carbocycles. The zero-order chi connectivity index (χ0) is 14.4. The van der Waals surface area contributed by atoms with Gasteiger partial charge in [-0.1, -0.05) is 42.0 Å². The molecule has 2 aromatic rings. The third-order valence-electron chi connectivity index (χ3n) is 2.90. The molecule has 2 N–H and O–H groups in total. The van der Waals surface area contributed by atoms with Crippen molar-refractivity contribution < 1.29 is 9.18 Å². The summed E-state index contributed by atoms with van der Waals surface area (Å²) >= 11 is 0. The van der Waals surface area contributed by atoms with Crippen LogP contribution in [0.3, 0.4) is 0 Å². The molecule has 104 valence electrons. The number of amides is 2. The fourth-order valence-corrected chi connectivity index (χ4v) is 1.85. The van der Waals surface area contributed by atoms with Crippen LogP contribution < -0.4 is 10.6 Å². The number of halogens is 1. The molecule has 0 bridgehead atoms. The van der Waals surface area contributed by atoms with E-state index in [0.717, 1.165) is 16.7 Å². The molecule has 2 amide bonds. The van der Waals surface area contributed by atoms with Crippen LogP contribution in [-0.4, -0.2) is 6.03 Å². The van der Waals surface area contributed by atoms with Crippen molar-refractivity contribution in [3.63, 3.8) is 0 Å². The van der Waals surface area contributed by atoms with Gasteiger partial charge in [0.25, 0.3) is 0 Å². The monoisotopic (exact) mass is 272 g/mol. The van der Waals surface area contributed by atoms with Crippen molar-refractivity contribution in [3.8, 4) is 0 Å². The minimum Gasteiger partial charge on any atom is -0.334 e. The molecule has 0 fully saturated rings. The lowest BCUT2D eigenvalue weighted by Gasteiger charge is -2.08. The van der Waals surface area contributed by atoms with Gasteiger partial charge in [0.15, 0.2) is 0 Å². The van der Waals surface area contributed by atoms with Gasteiger partial charge in [0, 0.05) is 13.1 Å². The predicted molar refractivity (Wildman–Crippen MR) is 76.7 cm³/mol. The van der Waals surface area contributed by atoms with E-state index in [9.17, 15) is 9.18 Å². The van der Waals surface area contributed by atoms with Crippen molar-refractivity contribution in [3.05, 3.63) is 71.0 Å². The molecule has 0 aromatic heterocycles. The van der Waals surface area contributed by atoms with Crippen LogP contribution in [-0.2, 0) is 13.1 Å². The highest BCUT2D eigenvalue weighted by Gasteiger charge is 2.01. The molecule has 2 rings (SSSR count). The van der Waals surface area contributed by atoms with Gasteiger partial charge in [-0.15, -0.1) is 0 Å². The zero-order valence-electron chi connectivity index (χ0n) is 11.3. The van der Waals surface area contributed by atoms with Crippen molar-refractivity contribution in [2.75, 3.05) is 0 Å². The maximum atomic E-state index is 12.7. The van der Waals surface area contributed by atoms with Crippen molar-refractivity contribution in [2.45, 2.75) is 20.0 Å². The number of rotatable bonds is 4. The topological polar surface area (TPSA) is 41.1 Å². The minimum atomic E-state index is -0.280. The number of urea groups is 1. The molecule has 4 heteroatoms. The summed E-state index contributed by atoms with van der Waals surface area (Å²) in [5.41, 5.74) is 3.08. The minimum absolute atomic E-state index is 0.240. The first kappa shape index (κ1) is 14.1. The lowest BCUT2D eigenvalue weighted by Crippen LogP contribution is -2.34. The van der Waals surface area contributed by atoms with Gasteiger partial charge in [-0.25, -0.2) is 9.18 Å². The Kier molecular flexibility index (Phi) is 4.71. The molecule has 0 saturated heterocycles. The second kappa shape index (κ2) is 6.70. The van der Waals surface area contributed by atoms with Crippen molar-refractivity contribution in [2.24, 2.45) is 0 Å². The summed E-state index contributed by atoms with van der Waals surface area (Å²) in [5.74, 6) is -0.280. The Bertz CT molecular complexity index is 581. The Labute approximate surface area is 117 Å². The smallest absolute Gasteiger partial charge is 0.315 e. The predicted octanol–water partition coefficient (Wildman–Crippen LogP) is 3.13. The summed E-state index contributed by atoms with van der Waals surface area (Å²) in [6.45, 7) is 2.87. The van der Waals surface area contributed by atoms with Crippen LogP contribution >= 0.6 is 0 Å². The Balaban J connectivity index is 1.77. The molecule has 0 spiro atoms. The number of carbonyl (C=O) groups is 1. The zero-order valence-corrected chi connectivity index (χ0v) is 11.3. The van der Waals surface area contributed by atoms with Crippen molar-refractivity contribution in [1.29, 1.82) is 0 Å². The van der Waals surface area contributed by atoms with Gasteiger partial charge in [0.05, 0.1) is 0 Å². The first-order chi connectivity index (χ1) is 9.63. The van der Waals surface area contributed by atoms with Gasteiger partial charge in [0.2, 0.25) is 0 Å². The normalized spacial score (nSPS) is 10.1. The Morgan fingerprint density at radius 2 is 1.65 bits per heavy atom. The van der Waals surface area contributed by atoms with Crippen LogP contribution in [0.1, 0.15) is 16.7 Å². The molecule has 0 atom stereocenters. The molecule has 0 unspecified atom stereocenters. The number of nitrogens with one attached hydrogen (secondary N) is 2. The van der Waals surface area contributed by atoms with E-state index >= 15 is 0 Å². The van der Waals surface area contributed by atoms with Crippen LogP contribution in [0, 0.1) is 12.7 Å². The largest absolute Gasteiger partial charge is 0.334 e. The average molecular weight is 272 g/mol. The highest BCUT2D eigenvalue weighted by atomic mass is 19.1. The maximum Gasteiger partial charge on any atom is 0.315 e. The third-order valence-corrected chi connectivity index (χ3v) is 2.90. The Morgan fingerprint density at radius 3 is 2.30 bits per heavy atom. The van der Waals surface area contributed by atoms with E-state index in [1.807, 2.05) is 31.2 Å². The molecule has 0 aliphatic rings. The molecule has 20 heavy (non-hydrogen) atoms. The van der Waals surface area contributed by atoms with Gasteiger partial charge in [-0.05, 0) is 30.2 Å². The summed E-state index contributed by atoms with van der Waals surface area (Å²) in [7, 11) is 0. The van der Waals surface area contributed by atoms with Gasteiger partial charge in [-0.2, -0.15) is 0 Å². The van der Waals surface area contributed by atoms with Gasteiger partial charge < -0.3 is 10.6 Å². The number of hydrogen-bond acceptors (Lipinski definition) is 1. The van der Waals surface area contributed by atoms with E-state index in [4.69, 9.17) is 0 Å². The number of aryl methyl sites for hydroxylation is 1. The van der Waals surface area contributed by atoms with E-state index in [0.29, 0.717) is 13.1 Å². The van der Waals surface area contributed by atoms with Crippen LogP contribution in [0.2, 0.25) is 0 Å². The van der Waals surface area contributed by atoms with Crippen LogP contribution in [0.25, 0.3) is 0 Å². The quantitative estimate of drug-likeness (QED) is 0.882. The molecule has 0 saturated carbocycles. The number of carbonyl (C=O) groups excluding carboxylic acids is 1. The average Bonchev–Trinajstić information content (AvgIpc) is 2.45. The van der Waals surface area contributed by atoms with Crippen molar-refractivity contribution in [1.82, 2.24) is 10.6 Å². The second-order valence-electron chi connectivity index (χ2n) is 4.65. The fourth-order valence-electron chi connectivity index (χ4n) is 1.85. The molecule has 2 aromatic carbocycles. The Morgan fingerprint density at radius 1 is 1.00 bits per heavy atom. The molecule has 3 nitrogen and oxygen atoms in total. The van der Waals surface area contributed by atoms with Crippen LogP contribution in [0.15, 0.2) is 48.5 Å². The maximum absolute atomic E-state index is 12.7. The van der Waals surface area contributed by atoms with Crippen LogP contribution in [0.4, 0.5) is 9.18 Å². The summed E-state index contributed by atoms with van der Waals surface area (Å²) in [6.07, 6.45) is 0. The summed E-state index contributed by atoms with van der Waals surface area (Å²) in [4.78, 5) is 11.6. The van der Waals surface area contributed by atoms with Gasteiger partial charge >= 0.3 is 6.03 Å². The number of hydrogen-bond donors (Lipinski definition) is 2. The van der Waals surface area contributed by atoms with Crippen molar-refractivity contribution >= 4 is 6.03 Å². The standard InChI is InChI=1S/C16H17FN2O/c1-12-3-2-4-14(9-12)11-19-16(20)18-10-13-5-7-15(17)8-6-13/h2-9H,10-11H2,1H3,(H2,18,19,20). The highest BCUT2D eigenvalue weighted by Crippen LogP contribution is 2.04. The molecular formula is C16H17FN2O. The van der Waals surface area contributed by atoms with Crippen LogP contribution in [0.5, 0.6) is 0 Å². The van der Waals surface area contributed by atoms with E-state index in [1.165, 1.54) is 12.1 Å². The highest BCUT2D eigenvalue weighted by molar-refractivity contribution is 5.73. The second-order valence-corrected chi connectivity index (χ2v) is 4.65. The van der Waals surface area contributed by atoms with E-state index in [1.54, 1.807) is 12.1 Å². The van der Waals surface area contributed by atoms with E-state index in [-0.39, 0.29) is 11.8 Å². The Hall–Kier alpha value is -2.36. The first-order valence-electron chi connectivity index (χ1n) is 6.45. The SMILES string of the molecule is Cc1cccc(CNC(=O)NCc2ccc(F)cc2)c1. The lowest BCUT2D eigenvalue weighted by atomic mass is 10.1. The number of benzene rings is 2. The van der Waals surface area contributed by atoms with Gasteiger partial charge in [0.1, 0.15) is 5.82 Å². The first-order valence-corrected chi connectivity index (χ1v) is 6.45. The third kappa shape index (κ3) is 4.39. The molecule has 0 aliphatic heterocycles. The van der Waals surface area contributed by atoms with E-state index in [2.05, 4.69) is 10.6 Å².